The lowest BCUT2D eigenvalue weighted by atomic mass is 10.0. The van der Waals surface area contributed by atoms with Crippen molar-refractivity contribution in [3.05, 3.63) is 28.6 Å². The van der Waals surface area contributed by atoms with Crippen LogP contribution in [0.4, 0.5) is 23.1 Å². The van der Waals surface area contributed by atoms with E-state index in [2.05, 4.69) is 21.3 Å². The van der Waals surface area contributed by atoms with Gasteiger partial charge in [0, 0.05) is 42.0 Å². The average molecular weight is 956 g/mol. The molecule has 5 N–H and O–H groups in total. The molecule has 3 amide bonds. The van der Waals surface area contributed by atoms with Gasteiger partial charge in [0.2, 0.25) is 19.2 Å². The lowest BCUT2D eigenvalue weighted by Crippen LogP contribution is -2.55. The minimum Gasteiger partial charge on any atom is -0.495 e. The predicted molar refractivity (Wildman–Crippen MR) is 238 cm³/mol. The van der Waals surface area contributed by atoms with E-state index in [4.69, 9.17) is 35.8 Å². The van der Waals surface area contributed by atoms with Gasteiger partial charge in [-0.05, 0) is 76.8 Å². The molecule has 0 spiro atoms. The second kappa shape index (κ2) is 20.3. The third kappa shape index (κ3) is 11.4. The molecular weight excluding hydrogens is 898 g/mol. The Balaban J connectivity index is 1.21. The number of halogens is 4. The number of nitrogens with zero attached hydrogens (tertiary/aromatic N) is 3. The van der Waals surface area contributed by atoms with Crippen LogP contribution in [-0.4, -0.2) is 112 Å². The van der Waals surface area contributed by atoms with E-state index in [0.717, 1.165) is 44.9 Å². The molecule has 352 valence electrons. The van der Waals surface area contributed by atoms with Crippen molar-refractivity contribution in [2.75, 3.05) is 38.2 Å². The van der Waals surface area contributed by atoms with Gasteiger partial charge in [-0.25, -0.2) is 14.8 Å². The normalized spacial score (nSPS) is 25.7. The van der Waals surface area contributed by atoms with Crippen molar-refractivity contribution < 1.29 is 51.2 Å². The molecule has 15 nitrogen and oxygen atoms in total. The molecule has 0 bridgehead atoms. The molecule has 4 aliphatic rings. The Bertz CT molecular complexity index is 2210. The van der Waals surface area contributed by atoms with Crippen LogP contribution in [0.1, 0.15) is 97.3 Å². The van der Waals surface area contributed by atoms with Crippen molar-refractivity contribution in [3.63, 3.8) is 0 Å². The maximum Gasteiger partial charge on any atom is 0.408 e. The molecule has 3 aromatic rings. The number of fused-ring (bicyclic) bond motifs is 3. The van der Waals surface area contributed by atoms with Crippen molar-refractivity contribution >= 4 is 64.2 Å². The highest BCUT2D eigenvalue weighted by atomic mass is 35.5. The van der Waals surface area contributed by atoms with E-state index in [1.165, 1.54) is 23.3 Å². The summed E-state index contributed by atoms with van der Waals surface area (Å²) in [5.74, 6) is -0.884. The van der Waals surface area contributed by atoms with E-state index in [1.807, 2.05) is 19.2 Å². The minimum absolute atomic E-state index is 0.0391. The Labute approximate surface area is 379 Å². The Hall–Kier alpha value is -3.90. The van der Waals surface area contributed by atoms with Crippen LogP contribution in [-0.2, 0) is 18.9 Å². The number of nitrogens with one attached hydrogen (secondary N) is 4. The van der Waals surface area contributed by atoms with Gasteiger partial charge in [-0.3, -0.25) is 14.2 Å². The Kier molecular flexibility index (Phi) is 15.2. The van der Waals surface area contributed by atoms with Gasteiger partial charge in [-0.1, -0.05) is 43.7 Å². The van der Waals surface area contributed by atoms with Crippen LogP contribution in [0, 0.1) is 5.92 Å². The van der Waals surface area contributed by atoms with Crippen molar-refractivity contribution in [1.29, 1.82) is 0 Å². The number of pyridine rings is 1. The van der Waals surface area contributed by atoms with Gasteiger partial charge in [-0.15, -0.1) is 11.3 Å². The van der Waals surface area contributed by atoms with Gasteiger partial charge in [0.15, 0.2) is 5.13 Å². The summed E-state index contributed by atoms with van der Waals surface area (Å²) >= 11 is 8.25. The molecule has 4 heterocycles. The number of aromatic nitrogens is 2. The monoisotopic (exact) mass is 955 g/mol. The highest BCUT2D eigenvalue weighted by molar-refractivity contribution is 7.60. The van der Waals surface area contributed by atoms with Gasteiger partial charge >= 0.3 is 12.3 Å². The van der Waals surface area contributed by atoms with E-state index < -0.39 is 67.6 Å². The van der Waals surface area contributed by atoms with Gasteiger partial charge in [0.05, 0.1) is 31.4 Å². The molecule has 2 aromatic heterocycles. The number of alkyl halides is 3. The number of hydrogen-bond acceptors (Lipinski definition) is 12. The largest absolute Gasteiger partial charge is 0.495 e. The van der Waals surface area contributed by atoms with E-state index in [-0.39, 0.29) is 55.4 Å². The standard InChI is InChI=1S/C43H58ClF3N7O8PS/c1-25(2)49-40-51-32(23-64-40)31-20-35(29-15-16-34(60-3)36(44)37(29)50-31)61-28-19-33-38(55)53-42(63(58,59)18-17-48-24-43(45,46)47)21-26(42)11-7-5-4-6-8-14-30(39(56)54(33)22-28)52-41(57)62-27-12-9-10-13-27/h15-16,20,23,25-28,30,33,48H,4-14,17-19,21-22,24H2,1-3H3,(H,49,51)(H,52,57)(H,53,55)(H,58,59)/t26-,28+,30-,33-,42-/m0/s1. The predicted octanol–water partition coefficient (Wildman–Crippen LogP) is 8.23. The fourth-order valence-corrected chi connectivity index (χ4v) is 12.7. The number of amides is 3. The summed E-state index contributed by atoms with van der Waals surface area (Å²) in [6, 6.07) is 3.03. The maximum atomic E-state index is 14.8. The number of rotatable bonds is 13. The van der Waals surface area contributed by atoms with E-state index in [0.29, 0.717) is 58.2 Å². The number of carbonyl (C=O) groups excluding carboxylic acids is 3. The van der Waals surface area contributed by atoms with Crippen molar-refractivity contribution in [3.8, 4) is 22.9 Å². The maximum absolute atomic E-state index is 14.8. The first kappa shape index (κ1) is 48.0. The van der Waals surface area contributed by atoms with Crippen molar-refractivity contribution in [2.45, 2.75) is 139 Å². The van der Waals surface area contributed by atoms with E-state index in [1.54, 1.807) is 18.2 Å². The van der Waals surface area contributed by atoms with Crippen LogP contribution in [0.3, 0.4) is 0 Å². The highest BCUT2D eigenvalue weighted by Gasteiger charge is 2.66. The lowest BCUT2D eigenvalue weighted by molar-refractivity contribution is -0.140. The van der Waals surface area contributed by atoms with Gasteiger partial charge in [0.25, 0.3) is 0 Å². The fraction of sp³-hybridized carbons (Fsp3) is 0.651. The molecule has 0 radical (unpaired) electrons. The van der Waals surface area contributed by atoms with E-state index >= 15 is 0 Å². The van der Waals surface area contributed by atoms with E-state index in [9.17, 15) is 37.0 Å². The summed E-state index contributed by atoms with van der Waals surface area (Å²) in [6.07, 6.45) is 1.21. The molecule has 2 saturated carbocycles. The van der Waals surface area contributed by atoms with Crippen LogP contribution < -0.4 is 30.7 Å². The number of benzene rings is 1. The zero-order valence-electron chi connectivity index (χ0n) is 36.3. The first-order chi connectivity index (χ1) is 30.5. The van der Waals surface area contributed by atoms with Gasteiger partial charge in [-0.2, -0.15) is 13.2 Å². The smallest absolute Gasteiger partial charge is 0.408 e. The summed E-state index contributed by atoms with van der Waals surface area (Å²) in [6.45, 7) is 2.19. The number of carbonyl (C=O) groups is 3. The highest BCUT2D eigenvalue weighted by Crippen LogP contribution is 2.70. The molecule has 1 aromatic carbocycles. The number of hydrogen-bond donors (Lipinski definition) is 5. The summed E-state index contributed by atoms with van der Waals surface area (Å²) in [4.78, 5) is 65.3. The number of methoxy groups -OCH3 is 1. The molecule has 2 aliphatic heterocycles. The molecule has 6 atom stereocenters. The topological polar surface area (TPSA) is 193 Å². The summed E-state index contributed by atoms with van der Waals surface area (Å²) in [7, 11) is -2.82. The zero-order valence-corrected chi connectivity index (χ0v) is 38.8. The summed E-state index contributed by atoms with van der Waals surface area (Å²) < 4.78 is 71.0. The Morgan fingerprint density at radius 2 is 1.77 bits per heavy atom. The van der Waals surface area contributed by atoms with Crippen LogP contribution in [0.5, 0.6) is 11.5 Å². The number of anilines is 1. The molecule has 7 rings (SSSR count). The first-order valence-corrected chi connectivity index (χ1v) is 25.3. The van der Waals surface area contributed by atoms with Gasteiger partial charge < -0.3 is 45.3 Å². The third-order valence-corrected chi connectivity index (χ3v) is 16.4. The lowest BCUT2D eigenvalue weighted by Gasteiger charge is -2.31. The van der Waals surface area contributed by atoms with Crippen LogP contribution in [0.2, 0.25) is 5.02 Å². The number of ether oxygens (including phenoxy) is 3. The minimum atomic E-state index is -4.51. The quantitative estimate of drug-likeness (QED) is 0.0816. The van der Waals surface area contributed by atoms with Crippen molar-refractivity contribution in [1.82, 2.24) is 30.8 Å². The average Bonchev–Trinajstić information content (AvgIpc) is 3.65. The second-order valence-electron chi connectivity index (χ2n) is 17.7. The fourth-order valence-electron chi connectivity index (χ4n) is 9.20. The molecular formula is C43H58ClF3N7O8PS. The third-order valence-electron chi connectivity index (χ3n) is 12.6. The van der Waals surface area contributed by atoms with Crippen LogP contribution in [0.25, 0.3) is 22.3 Å². The summed E-state index contributed by atoms with van der Waals surface area (Å²) in [5.41, 5.74) is 1.37. The molecule has 21 heteroatoms. The van der Waals surface area contributed by atoms with Crippen molar-refractivity contribution in [2.24, 2.45) is 5.92 Å². The Morgan fingerprint density at radius 1 is 1.05 bits per heavy atom. The molecule has 2 saturated heterocycles. The zero-order chi connectivity index (χ0) is 45.8. The Morgan fingerprint density at radius 3 is 2.48 bits per heavy atom. The van der Waals surface area contributed by atoms with Crippen LogP contribution in [0.15, 0.2) is 23.6 Å². The molecule has 64 heavy (non-hydrogen) atoms. The van der Waals surface area contributed by atoms with Gasteiger partial charge in [0.1, 0.15) is 51.8 Å². The molecule has 2 aliphatic carbocycles. The summed E-state index contributed by atoms with van der Waals surface area (Å²) in [5, 5.41) is 12.9. The number of alkyl carbamates (subject to hydrolysis) is 1. The first-order valence-electron chi connectivity index (χ1n) is 22.2. The van der Waals surface area contributed by atoms with Crippen LogP contribution >= 0.6 is 30.3 Å². The molecule has 4 fully saturated rings. The number of thiazole rings is 1. The second-order valence-corrected chi connectivity index (χ2v) is 21.6. The molecule has 1 unspecified atom stereocenters. The SMILES string of the molecule is COc1ccc2c(O[C@@H]3C[C@H]4C(=O)N[C@]5(P(=O)(O)CCNCC(F)(F)F)C[C@@H]5CCCCCCC[C@H](NC(=O)OC5CCCC5)C(=O)N4C3)cc(-c3csc(NC(C)C)n3)nc2c1Cl.